The fourth-order valence-electron chi connectivity index (χ4n) is 3.68. The highest BCUT2D eigenvalue weighted by atomic mass is 16.5. The average Bonchev–Trinajstić information content (AvgIpc) is 3.23. The van der Waals surface area contributed by atoms with E-state index in [1.807, 2.05) is 11.0 Å². The van der Waals surface area contributed by atoms with Gasteiger partial charge in [-0.05, 0) is 43.2 Å². The number of aromatic nitrogens is 2. The Morgan fingerprint density at radius 1 is 1.48 bits per heavy atom. The van der Waals surface area contributed by atoms with Crippen LogP contribution in [-0.4, -0.2) is 40.6 Å². The van der Waals surface area contributed by atoms with E-state index in [9.17, 15) is 4.79 Å². The standard InChI is InChI=1S/C19H26N4O2/c1-11(2)16-15-13(18(24)23-7-6-19(3,9-20)10-23)8-14(12-4-5-12)21-17(15)25-22-16/h8,11-12H,4-7,9-10,20H2,1-3H3. The van der Waals surface area contributed by atoms with Crippen molar-refractivity contribution < 1.29 is 9.32 Å². The van der Waals surface area contributed by atoms with E-state index in [0.717, 1.165) is 42.6 Å². The monoisotopic (exact) mass is 342 g/mol. The molecule has 1 atom stereocenters. The van der Waals surface area contributed by atoms with E-state index in [1.54, 1.807) is 0 Å². The predicted molar refractivity (Wildman–Crippen MR) is 95.5 cm³/mol. The summed E-state index contributed by atoms with van der Waals surface area (Å²) in [5.41, 5.74) is 8.88. The number of rotatable bonds is 4. The lowest BCUT2D eigenvalue weighted by Gasteiger charge is -2.23. The van der Waals surface area contributed by atoms with Crippen LogP contribution in [0, 0.1) is 5.41 Å². The average molecular weight is 342 g/mol. The molecule has 1 unspecified atom stereocenters. The number of hydrogen-bond acceptors (Lipinski definition) is 5. The molecule has 0 aromatic carbocycles. The fourth-order valence-corrected chi connectivity index (χ4v) is 3.68. The van der Waals surface area contributed by atoms with Gasteiger partial charge in [0.05, 0.1) is 16.6 Å². The van der Waals surface area contributed by atoms with Gasteiger partial charge in [-0.25, -0.2) is 4.98 Å². The van der Waals surface area contributed by atoms with Crippen LogP contribution in [0.2, 0.25) is 0 Å². The summed E-state index contributed by atoms with van der Waals surface area (Å²) in [6, 6.07) is 1.98. The lowest BCUT2D eigenvalue weighted by molar-refractivity contribution is 0.0778. The number of pyridine rings is 1. The van der Waals surface area contributed by atoms with E-state index in [2.05, 4.69) is 30.9 Å². The Kier molecular flexibility index (Phi) is 3.83. The Morgan fingerprint density at radius 2 is 2.24 bits per heavy atom. The minimum absolute atomic E-state index is 0.0106. The van der Waals surface area contributed by atoms with E-state index in [1.165, 1.54) is 0 Å². The molecule has 4 rings (SSSR count). The van der Waals surface area contributed by atoms with Crippen LogP contribution in [0.25, 0.3) is 11.1 Å². The van der Waals surface area contributed by atoms with Gasteiger partial charge in [0.2, 0.25) is 0 Å². The minimum Gasteiger partial charge on any atom is -0.338 e. The minimum atomic E-state index is 0.0106. The summed E-state index contributed by atoms with van der Waals surface area (Å²) >= 11 is 0. The molecular formula is C19H26N4O2. The van der Waals surface area contributed by atoms with Crippen molar-refractivity contribution in [1.29, 1.82) is 0 Å². The molecule has 6 nitrogen and oxygen atoms in total. The summed E-state index contributed by atoms with van der Waals surface area (Å²) < 4.78 is 5.49. The molecule has 0 bridgehead atoms. The molecule has 1 aliphatic carbocycles. The van der Waals surface area contributed by atoms with Crippen molar-refractivity contribution in [3.8, 4) is 0 Å². The zero-order valence-corrected chi connectivity index (χ0v) is 15.2. The molecule has 1 saturated heterocycles. The van der Waals surface area contributed by atoms with Crippen LogP contribution in [0.15, 0.2) is 10.6 Å². The van der Waals surface area contributed by atoms with Gasteiger partial charge in [-0.2, -0.15) is 0 Å². The fraction of sp³-hybridized carbons (Fsp3) is 0.632. The maximum absolute atomic E-state index is 13.3. The van der Waals surface area contributed by atoms with Crippen molar-refractivity contribution in [3.63, 3.8) is 0 Å². The molecule has 2 N–H and O–H groups in total. The van der Waals surface area contributed by atoms with Crippen LogP contribution in [0.1, 0.15) is 73.6 Å². The summed E-state index contributed by atoms with van der Waals surface area (Å²) in [6.07, 6.45) is 3.21. The largest absolute Gasteiger partial charge is 0.338 e. The third-order valence-corrected chi connectivity index (χ3v) is 5.60. The topological polar surface area (TPSA) is 85.2 Å². The van der Waals surface area contributed by atoms with Crippen molar-refractivity contribution in [1.82, 2.24) is 15.0 Å². The number of fused-ring (bicyclic) bond motifs is 1. The van der Waals surface area contributed by atoms with Crippen molar-refractivity contribution in [2.24, 2.45) is 11.1 Å². The number of carbonyl (C=O) groups is 1. The third-order valence-electron chi connectivity index (χ3n) is 5.60. The van der Waals surface area contributed by atoms with Crippen LogP contribution < -0.4 is 5.73 Å². The number of nitrogens with two attached hydrogens (primary N) is 1. The Hall–Kier alpha value is -1.95. The smallest absolute Gasteiger partial charge is 0.259 e. The molecule has 2 fully saturated rings. The molecule has 6 heteroatoms. The quantitative estimate of drug-likeness (QED) is 0.923. The van der Waals surface area contributed by atoms with Crippen LogP contribution in [0.3, 0.4) is 0 Å². The van der Waals surface area contributed by atoms with E-state index >= 15 is 0 Å². The van der Waals surface area contributed by atoms with Crippen LogP contribution in [-0.2, 0) is 0 Å². The molecule has 0 spiro atoms. The highest BCUT2D eigenvalue weighted by Gasteiger charge is 2.37. The molecule has 1 amide bonds. The van der Waals surface area contributed by atoms with Gasteiger partial charge in [-0.3, -0.25) is 4.79 Å². The Bertz CT molecular complexity index is 824. The van der Waals surface area contributed by atoms with Gasteiger partial charge >= 0.3 is 0 Å². The molecule has 2 aromatic heterocycles. The number of carbonyl (C=O) groups excluding carboxylic acids is 1. The second kappa shape index (κ2) is 5.80. The maximum atomic E-state index is 13.3. The van der Waals surface area contributed by atoms with Crippen LogP contribution >= 0.6 is 0 Å². The molecule has 3 heterocycles. The summed E-state index contributed by atoms with van der Waals surface area (Å²) in [5, 5.41) is 4.98. The number of amides is 1. The SMILES string of the molecule is CC(C)c1noc2nc(C3CC3)cc(C(=O)N3CCC(C)(CN)C3)c12. The summed E-state index contributed by atoms with van der Waals surface area (Å²) in [6.45, 7) is 8.31. The summed E-state index contributed by atoms with van der Waals surface area (Å²) in [4.78, 5) is 19.9. The van der Waals surface area contributed by atoms with Gasteiger partial charge < -0.3 is 15.2 Å². The Labute approximate surface area is 147 Å². The molecule has 0 radical (unpaired) electrons. The van der Waals surface area contributed by atoms with Crippen LogP contribution in [0.5, 0.6) is 0 Å². The van der Waals surface area contributed by atoms with Crippen molar-refractivity contribution in [2.75, 3.05) is 19.6 Å². The first-order valence-corrected chi connectivity index (χ1v) is 9.21. The van der Waals surface area contributed by atoms with Gasteiger partial charge in [0.15, 0.2) is 0 Å². The predicted octanol–water partition coefficient (Wildman–Crippen LogP) is 3.03. The first kappa shape index (κ1) is 16.5. The highest BCUT2D eigenvalue weighted by Crippen LogP contribution is 2.41. The van der Waals surface area contributed by atoms with Crippen molar-refractivity contribution in [2.45, 2.75) is 51.9 Å². The highest BCUT2D eigenvalue weighted by molar-refractivity contribution is 6.06. The third kappa shape index (κ3) is 2.82. The first-order chi connectivity index (χ1) is 11.9. The van der Waals surface area contributed by atoms with E-state index in [4.69, 9.17) is 10.3 Å². The first-order valence-electron chi connectivity index (χ1n) is 9.21. The number of likely N-dealkylation sites (tertiary alicyclic amines) is 1. The Balaban J connectivity index is 1.79. The molecule has 134 valence electrons. The molecular weight excluding hydrogens is 316 g/mol. The second-order valence-corrected chi connectivity index (χ2v) is 8.26. The molecule has 1 aliphatic heterocycles. The summed E-state index contributed by atoms with van der Waals surface area (Å²) in [5.74, 6) is 0.683. The molecule has 25 heavy (non-hydrogen) atoms. The lowest BCUT2D eigenvalue weighted by Crippen LogP contribution is -2.34. The zero-order chi connectivity index (χ0) is 17.8. The lowest BCUT2D eigenvalue weighted by atomic mass is 9.90. The van der Waals surface area contributed by atoms with Gasteiger partial charge in [0.25, 0.3) is 11.6 Å². The molecule has 1 saturated carbocycles. The van der Waals surface area contributed by atoms with E-state index in [-0.39, 0.29) is 17.2 Å². The summed E-state index contributed by atoms with van der Waals surface area (Å²) in [7, 11) is 0. The van der Waals surface area contributed by atoms with E-state index < -0.39 is 0 Å². The van der Waals surface area contributed by atoms with E-state index in [0.29, 0.717) is 30.3 Å². The van der Waals surface area contributed by atoms with Crippen LogP contribution in [0.4, 0.5) is 0 Å². The van der Waals surface area contributed by atoms with Crippen molar-refractivity contribution >= 4 is 17.0 Å². The Morgan fingerprint density at radius 3 is 2.84 bits per heavy atom. The number of hydrogen-bond donors (Lipinski definition) is 1. The second-order valence-electron chi connectivity index (χ2n) is 8.26. The normalized spacial score (nSPS) is 23.8. The van der Waals surface area contributed by atoms with Crippen molar-refractivity contribution in [3.05, 3.63) is 23.0 Å². The van der Waals surface area contributed by atoms with Gasteiger partial charge in [-0.1, -0.05) is 25.9 Å². The number of nitrogens with zero attached hydrogens (tertiary/aromatic N) is 3. The zero-order valence-electron chi connectivity index (χ0n) is 15.2. The maximum Gasteiger partial charge on any atom is 0.259 e. The van der Waals surface area contributed by atoms with Gasteiger partial charge in [0, 0.05) is 24.7 Å². The molecule has 2 aliphatic rings. The van der Waals surface area contributed by atoms with Gasteiger partial charge in [-0.15, -0.1) is 0 Å². The van der Waals surface area contributed by atoms with Gasteiger partial charge in [0.1, 0.15) is 0 Å². The molecule has 2 aromatic rings.